The van der Waals surface area contributed by atoms with Crippen LogP contribution < -0.4 is 0 Å². The molecule has 10 nitrogen and oxygen atoms in total. The van der Waals surface area contributed by atoms with Crippen molar-refractivity contribution in [3.63, 3.8) is 0 Å². The zero-order chi connectivity index (χ0) is 42.0. The van der Waals surface area contributed by atoms with Crippen LogP contribution in [0.1, 0.15) is 79.0 Å². The van der Waals surface area contributed by atoms with E-state index in [4.69, 9.17) is 29.9 Å². The second-order valence-electron chi connectivity index (χ2n) is 19.1. The van der Waals surface area contributed by atoms with Crippen LogP contribution >= 0.6 is 0 Å². The number of phenolic OH excluding ortho intramolecular Hbond substituents is 2. The molecule has 5 heterocycles. The number of aromatic amines is 2. The number of hydrogen-bond acceptors (Lipinski definition) is 8. The first-order valence-electron chi connectivity index (χ1n) is 20.3. The second-order valence-corrected chi connectivity index (χ2v) is 19.1. The maximum absolute atomic E-state index is 11.2. The van der Waals surface area contributed by atoms with Crippen molar-refractivity contribution < 1.29 is 10.2 Å². The molecule has 8 aromatic rings. The molecule has 2 aliphatic heterocycles. The molecular weight excluding hydrogens is 745 g/mol. The van der Waals surface area contributed by atoms with Gasteiger partial charge in [0.1, 0.15) is 34.1 Å². The van der Waals surface area contributed by atoms with Gasteiger partial charge in [-0.25, -0.2) is 29.9 Å². The Morgan fingerprint density at radius 1 is 0.383 bits per heavy atom. The fourth-order valence-electron chi connectivity index (χ4n) is 8.20. The molecular formula is C50H46N8O2. The third-order valence-electron chi connectivity index (χ3n) is 11.7. The molecule has 0 aliphatic carbocycles. The Bertz CT molecular complexity index is 3280. The Kier molecular flexibility index (Phi) is 7.95. The standard InChI is InChI=1S/C50H46N8O2/c1-48(2,3)25-13-17-30-35(21-25)44-51-40(30)53-45-37-23-27(50(7,8)9)15-19-32(37)42(55-45)57-47-39-29(34-24-28(59)16-20-38(34)60)11-10-12-33(39)43(58-47)56-46-36-22-26(49(4,5)6)14-18-31(36)41(52-44)54-46/h10-24,59-60H,1-9H3,(H2,51,52,53,54,55,56,57,58). The fourth-order valence-corrected chi connectivity index (χ4v) is 8.20. The van der Waals surface area contributed by atoms with Crippen molar-refractivity contribution >= 4 is 44.1 Å². The minimum Gasteiger partial charge on any atom is -0.508 e. The predicted molar refractivity (Wildman–Crippen MR) is 241 cm³/mol. The number of H-pyrrole nitrogens is 2. The number of phenols is 2. The number of aromatic hydroxyl groups is 2. The summed E-state index contributed by atoms with van der Waals surface area (Å²) in [7, 11) is 0. The van der Waals surface area contributed by atoms with Gasteiger partial charge in [-0.05, 0) is 74.9 Å². The third-order valence-corrected chi connectivity index (χ3v) is 11.7. The van der Waals surface area contributed by atoms with Crippen molar-refractivity contribution in [2.24, 2.45) is 0 Å². The second kappa shape index (κ2) is 12.8. The van der Waals surface area contributed by atoms with Gasteiger partial charge in [-0.3, -0.25) is 0 Å². The number of nitrogens with zero attached hydrogens (tertiary/aromatic N) is 6. The molecule has 8 bridgehead atoms. The zero-order valence-electron chi connectivity index (χ0n) is 35.2. The van der Waals surface area contributed by atoms with E-state index in [1.54, 1.807) is 6.07 Å². The van der Waals surface area contributed by atoms with Crippen LogP contribution in [0.15, 0.2) is 91.0 Å². The molecule has 0 fully saturated rings. The summed E-state index contributed by atoms with van der Waals surface area (Å²) >= 11 is 0. The highest BCUT2D eigenvalue weighted by molar-refractivity contribution is 6.07. The van der Waals surface area contributed by atoms with Gasteiger partial charge in [0.25, 0.3) is 0 Å². The van der Waals surface area contributed by atoms with Crippen LogP contribution in [0.5, 0.6) is 11.5 Å². The Morgan fingerprint density at radius 3 is 1.43 bits per heavy atom. The van der Waals surface area contributed by atoms with Gasteiger partial charge in [-0.15, -0.1) is 0 Å². The molecule has 298 valence electrons. The van der Waals surface area contributed by atoms with Crippen molar-refractivity contribution in [2.75, 3.05) is 0 Å². The summed E-state index contributed by atoms with van der Waals surface area (Å²) in [5, 5.41) is 25.3. The zero-order valence-corrected chi connectivity index (χ0v) is 35.2. The normalized spacial score (nSPS) is 12.9. The van der Waals surface area contributed by atoms with E-state index in [9.17, 15) is 10.2 Å². The number of nitrogens with one attached hydrogen (secondary N) is 2. The summed E-state index contributed by atoms with van der Waals surface area (Å²) in [6, 6.07) is 29.6. The Balaban J connectivity index is 1.39. The summed E-state index contributed by atoms with van der Waals surface area (Å²) in [6.07, 6.45) is 0. The minimum atomic E-state index is -0.126. The van der Waals surface area contributed by atoms with Crippen molar-refractivity contribution in [2.45, 2.75) is 78.6 Å². The first kappa shape index (κ1) is 37.3. The molecule has 0 saturated carbocycles. The highest BCUT2D eigenvalue weighted by Gasteiger charge is 2.28. The van der Waals surface area contributed by atoms with Crippen LogP contribution in [0.2, 0.25) is 0 Å². The topological polar surface area (TPSA) is 149 Å². The average Bonchev–Trinajstić information content (AvgIpc) is 3.92. The fraction of sp³-hybridized carbons (Fsp3) is 0.240. The molecule has 60 heavy (non-hydrogen) atoms. The number of benzene rings is 5. The summed E-state index contributed by atoms with van der Waals surface area (Å²) in [5.74, 6) is 1.99. The molecule has 0 radical (unpaired) electrons. The van der Waals surface area contributed by atoms with Crippen molar-refractivity contribution in [3.05, 3.63) is 108 Å². The number of fused-ring (bicyclic) bond motifs is 20. The predicted octanol–water partition coefficient (Wildman–Crippen LogP) is 11.8. The summed E-state index contributed by atoms with van der Waals surface area (Å²) in [5.41, 5.74) is 9.80. The number of aromatic nitrogens is 8. The van der Waals surface area contributed by atoms with Gasteiger partial charge in [-0.1, -0.05) is 117 Å². The lowest BCUT2D eigenvalue weighted by molar-refractivity contribution is 0.462. The first-order chi connectivity index (χ1) is 28.4. The van der Waals surface area contributed by atoms with Crippen molar-refractivity contribution in [1.29, 1.82) is 0 Å². The van der Waals surface area contributed by atoms with E-state index in [-0.39, 0.29) is 27.7 Å². The van der Waals surface area contributed by atoms with Gasteiger partial charge in [0, 0.05) is 49.4 Å². The van der Waals surface area contributed by atoms with E-state index >= 15 is 0 Å². The molecule has 5 aromatic carbocycles. The SMILES string of the molecule is CC(C)(C)c1ccc2c(c1)-c1nc-2nc2[nH]c(nc3nc(nc4[nH]c(n1)c1ccc(C(C)(C)C)cc41)-c1cccc(-c4cc(O)ccc4O)c1-3)c1ccc(C(C)(C)C)cc21. The Morgan fingerprint density at radius 2 is 0.850 bits per heavy atom. The molecule has 3 aromatic heterocycles. The van der Waals surface area contributed by atoms with Gasteiger partial charge in [0.2, 0.25) is 0 Å². The van der Waals surface area contributed by atoms with Crippen LogP contribution in [-0.4, -0.2) is 50.1 Å². The van der Waals surface area contributed by atoms with Crippen LogP contribution in [0.3, 0.4) is 0 Å². The molecule has 4 N–H and O–H groups in total. The van der Waals surface area contributed by atoms with Gasteiger partial charge in [0.05, 0.1) is 0 Å². The maximum Gasteiger partial charge on any atom is 0.165 e. The minimum absolute atomic E-state index is 0.0185. The van der Waals surface area contributed by atoms with E-state index in [0.717, 1.165) is 49.4 Å². The van der Waals surface area contributed by atoms with Crippen LogP contribution in [0.25, 0.3) is 101 Å². The summed E-state index contributed by atoms with van der Waals surface area (Å²) < 4.78 is 0. The molecule has 10 rings (SSSR count). The van der Waals surface area contributed by atoms with E-state index in [1.165, 1.54) is 17.7 Å². The van der Waals surface area contributed by atoms with Crippen LogP contribution in [-0.2, 0) is 16.2 Å². The van der Waals surface area contributed by atoms with Crippen molar-refractivity contribution in [3.8, 4) is 68.2 Å². The smallest absolute Gasteiger partial charge is 0.165 e. The van der Waals surface area contributed by atoms with Gasteiger partial charge in [-0.2, -0.15) is 0 Å². The van der Waals surface area contributed by atoms with E-state index in [1.807, 2.05) is 18.2 Å². The Hall–Kier alpha value is -6.94. The van der Waals surface area contributed by atoms with E-state index < -0.39 is 0 Å². The van der Waals surface area contributed by atoms with E-state index in [2.05, 4.69) is 127 Å². The molecule has 0 spiro atoms. The molecule has 0 atom stereocenters. The monoisotopic (exact) mass is 790 g/mol. The molecule has 0 unspecified atom stereocenters. The highest BCUT2D eigenvalue weighted by Crippen LogP contribution is 2.45. The molecule has 2 aliphatic rings. The number of rotatable bonds is 1. The quantitative estimate of drug-likeness (QED) is 0.120. The lowest BCUT2D eigenvalue weighted by Gasteiger charge is -2.19. The van der Waals surface area contributed by atoms with Gasteiger partial charge < -0.3 is 20.2 Å². The Labute approximate surface area is 347 Å². The van der Waals surface area contributed by atoms with Crippen molar-refractivity contribution in [1.82, 2.24) is 39.9 Å². The molecule has 10 heteroatoms. The first-order valence-corrected chi connectivity index (χ1v) is 20.3. The molecule has 0 amide bonds. The van der Waals surface area contributed by atoms with Crippen LogP contribution in [0, 0.1) is 0 Å². The average molecular weight is 791 g/mol. The third kappa shape index (κ3) is 6.08. The van der Waals surface area contributed by atoms with Crippen LogP contribution in [0.4, 0.5) is 0 Å². The summed E-state index contributed by atoms with van der Waals surface area (Å²) in [6.45, 7) is 19.8. The number of hydrogen-bond donors (Lipinski definition) is 4. The summed E-state index contributed by atoms with van der Waals surface area (Å²) in [4.78, 5) is 38.7. The largest absolute Gasteiger partial charge is 0.508 e. The lowest BCUT2D eigenvalue weighted by atomic mass is 9.85. The van der Waals surface area contributed by atoms with Gasteiger partial charge >= 0.3 is 0 Å². The maximum atomic E-state index is 11.2. The molecule has 0 saturated heterocycles. The highest BCUT2D eigenvalue weighted by atomic mass is 16.3. The van der Waals surface area contributed by atoms with E-state index in [0.29, 0.717) is 62.6 Å². The van der Waals surface area contributed by atoms with Gasteiger partial charge in [0.15, 0.2) is 23.3 Å². The lowest BCUT2D eigenvalue weighted by Crippen LogP contribution is -2.10.